The third-order valence-corrected chi connectivity index (χ3v) is 7.72. The zero-order valence-electron chi connectivity index (χ0n) is 18.3. The molecule has 1 saturated heterocycles. The van der Waals surface area contributed by atoms with Gasteiger partial charge in [-0.15, -0.1) is 0 Å². The first-order valence-electron chi connectivity index (χ1n) is 10.3. The largest absolute Gasteiger partial charge is 0.482 e. The predicted octanol–water partition coefficient (Wildman–Crippen LogP) is 1.54. The lowest BCUT2D eigenvalue weighted by atomic mass is 10.1. The summed E-state index contributed by atoms with van der Waals surface area (Å²) in [6.07, 6.45) is 0. The number of fused-ring (bicyclic) bond motifs is 1. The summed E-state index contributed by atoms with van der Waals surface area (Å²) in [7, 11) is 0.0954. The van der Waals surface area contributed by atoms with Crippen molar-refractivity contribution in [2.45, 2.75) is 11.8 Å². The van der Waals surface area contributed by atoms with Crippen molar-refractivity contribution in [1.82, 2.24) is 9.21 Å². The third-order valence-electron chi connectivity index (χ3n) is 5.68. The van der Waals surface area contributed by atoms with E-state index in [0.29, 0.717) is 35.7 Å². The van der Waals surface area contributed by atoms with Crippen molar-refractivity contribution in [3.63, 3.8) is 0 Å². The van der Waals surface area contributed by atoms with E-state index in [1.165, 1.54) is 10.4 Å². The van der Waals surface area contributed by atoms with E-state index in [4.69, 9.17) is 4.74 Å². The first-order chi connectivity index (χ1) is 15.2. The first-order valence-corrected chi connectivity index (χ1v) is 11.7. The molecule has 32 heavy (non-hydrogen) atoms. The minimum Gasteiger partial charge on any atom is -0.482 e. The number of carbonyl (C=O) groups is 2. The monoisotopic (exact) mass is 458 g/mol. The van der Waals surface area contributed by atoms with E-state index in [0.717, 1.165) is 5.69 Å². The van der Waals surface area contributed by atoms with Crippen LogP contribution in [0.25, 0.3) is 0 Å². The smallest absolute Gasteiger partial charge is 0.262 e. The zero-order chi connectivity index (χ0) is 23.0. The van der Waals surface area contributed by atoms with Crippen LogP contribution in [0.4, 0.5) is 11.4 Å². The second kappa shape index (κ2) is 8.44. The van der Waals surface area contributed by atoms with Crippen LogP contribution in [0.1, 0.15) is 15.9 Å². The van der Waals surface area contributed by atoms with E-state index in [1.807, 2.05) is 31.1 Å². The fraction of sp³-hybridized carbons (Fsp3) is 0.364. The van der Waals surface area contributed by atoms with E-state index in [1.54, 1.807) is 30.0 Å². The maximum Gasteiger partial charge on any atom is 0.262 e. The molecule has 10 heteroatoms. The number of aryl methyl sites for hydroxylation is 1. The van der Waals surface area contributed by atoms with Crippen molar-refractivity contribution in [3.05, 3.63) is 47.5 Å². The highest BCUT2D eigenvalue weighted by molar-refractivity contribution is 7.89. The summed E-state index contributed by atoms with van der Waals surface area (Å²) in [5.41, 5.74) is 2.57. The Hall–Kier alpha value is -3.11. The molecule has 4 rings (SSSR count). The average molecular weight is 459 g/mol. The molecule has 2 heterocycles. The molecule has 2 amide bonds. The Labute approximate surface area is 187 Å². The Morgan fingerprint density at radius 2 is 1.72 bits per heavy atom. The van der Waals surface area contributed by atoms with Crippen LogP contribution < -0.4 is 15.0 Å². The molecule has 0 spiro atoms. The number of hydrogen-bond donors (Lipinski definition) is 1. The molecule has 170 valence electrons. The van der Waals surface area contributed by atoms with Gasteiger partial charge in [0.2, 0.25) is 10.0 Å². The summed E-state index contributed by atoms with van der Waals surface area (Å²) in [6, 6.07) is 10.4. The number of hydrogen-bond acceptors (Lipinski definition) is 6. The minimum absolute atomic E-state index is 0.110. The fourth-order valence-corrected chi connectivity index (χ4v) is 5.49. The van der Waals surface area contributed by atoms with Crippen molar-refractivity contribution in [1.29, 1.82) is 0 Å². The van der Waals surface area contributed by atoms with E-state index in [9.17, 15) is 18.0 Å². The minimum atomic E-state index is -3.77. The van der Waals surface area contributed by atoms with Gasteiger partial charge in [0.1, 0.15) is 5.75 Å². The summed E-state index contributed by atoms with van der Waals surface area (Å²) in [6.45, 7) is 2.57. The molecule has 0 saturated carbocycles. The number of benzene rings is 2. The van der Waals surface area contributed by atoms with Crippen LogP contribution in [0.2, 0.25) is 0 Å². The number of piperazine rings is 1. The van der Waals surface area contributed by atoms with Gasteiger partial charge in [-0.25, -0.2) is 8.42 Å². The van der Waals surface area contributed by atoms with Crippen LogP contribution in [0.5, 0.6) is 5.75 Å². The third kappa shape index (κ3) is 4.15. The van der Waals surface area contributed by atoms with Crippen molar-refractivity contribution in [2.24, 2.45) is 0 Å². The lowest BCUT2D eigenvalue weighted by molar-refractivity contribution is -0.118. The van der Waals surface area contributed by atoms with Crippen LogP contribution in [0, 0.1) is 6.92 Å². The van der Waals surface area contributed by atoms with Crippen LogP contribution in [-0.4, -0.2) is 76.3 Å². The lowest BCUT2D eigenvalue weighted by Crippen LogP contribution is -2.50. The molecular formula is C22H26N4O5S. The highest BCUT2D eigenvalue weighted by Gasteiger charge is 2.32. The number of sulfonamides is 1. The summed E-state index contributed by atoms with van der Waals surface area (Å²) in [4.78, 5) is 28.1. The molecule has 2 aromatic rings. The molecule has 1 N–H and O–H groups in total. The highest BCUT2D eigenvalue weighted by Crippen LogP contribution is 2.34. The predicted molar refractivity (Wildman–Crippen MR) is 121 cm³/mol. The van der Waals surface area contributed by atoms with Gasteiger partial charge in [0, 0.05) is 57.6 Å². The number of ether oxygens (including phenoxy) is 1. The number of carbonyl (C=O) groups excluding carboxylic acids is 2. The fourth-order valence-electron chi connectivity index (χ4n) is 3.85. The van der Waals surface area contributed by atoms with Gasteiger partial charge in [-0.1, -0.05) is 0 Å². The number of nitrogens with one attached hydrogen (secondary N) is 1. The topological polar surface area (TPSA) is 99.3 Å². The Morgan fingerprint density at radius 3 is 2.34 bits per heavy atom. The van der Waals surface area contributed by atoms with Gasteiger partial charge in [0.05, 0.1) is 10.6 Å². The number of anilines is 2. The summed E-state index contributed by atoms with van der Waals surface area (Å²) in [5, 5.41) is 2.68. The van der Waals surface area contributed by atoms with Crippen LogP contribution in [0.15, 0.2) is 41.3 Å². The second-order valence-corrected chi connectivity index (χ2v) is 9.99. The standard InChI is InChI=1S/C22H26N4O5S/c1-15-12-18-19(31-14-21(27)23-18)13-20(15)32(29,30)26-10-8-25(9-11-26)22(28)16-4-6-17(7-5-16)24(2)3/h4-7,12-13H,8-11,14H2,1-3H3,(H,23,27). The molecule has 2 aliphatic rings. The maximum absolute atomic E-state index is 13.3. The molecular weight excluding hydrogens is 432 g/mol. The van der Waals surface area contributed by atoms with Gasteiger partial charge in [0.15, 0.2) is 6.61 Å². The average Bonchev–Trinajstić information content (AvgIpc) is 2.78. The van der Waals surface area contributed by atoms with Gasteiger partial charge >= 0.3 is 0 Å². The van der Waals surface area contributed by atoms with Crippen LogP contribution >= 0.6 is 0 Å². The van der Waals surface area contributed by atoms with Gasteiger partial charge in [-0.3, -0.25) is 9.59 Å². The molecule has 0 atom stereocenters. The molecule has 0 bridgehead atoms. The molecule has 0 unspecified atom stereocenters. The molecule has 0 radical (unpaired) electrons. The van der Waals surface area contributed by atoms with Gasteiger partial charge in [0.25, 0.3) is 11.8 Å². The molecule has 9 nitrogen and oxygen atoms in total. The highest BCUT2D eigenvalue weighted by atomic mass is 32.2. The molecule has 0 aliphatic carbocycles. The first kappa shape index (κ1) is 22.1. The van der Waals surface area contributed by atoms with Crippen molar-refractivity contribution < 1.29 is 22.7 Å². The molecule has 0 aromatic heterocycles. The van der Waals surface area contributed by atoms with Crippen LogP contribution in [-0.2, 0) is 14.8 Å². The molecule has 2 aliphatic heterocycles. The van der Waals surface area contributed by atoms with Gasteiger partial charge in [-0.2, -0.15) is 4.31 Å². The van der Waals surface area contributed by atoms with Crippen molar-refractivity contribution >= 4 is 33.2 Å². The van der Waals surface area contributed by atoms with E-state index in [-0.39, 0.29) is 36.4 Å². The SMILES string of the molecule is Cc1cc2c(cc1S(=O)(=O)N1CCN(C(=O)c3ccc(N(C)C)cc3)CC1)OCC(=O)N2. The number of amides is 2. The van der Waals surface area contributed by atoms with Crippen LogP contribution in [0.3, 0.4) is 0 Å². The van der Waals surface area contributed by atoms with E-state index in [2.05, 4.69) is 5.32 Å². The van der Waals surface area contributed by atoms with Gasteiger partial charge in [-0.05, 0) is 42.8 Å². The lowest BCUT2D eigenvalue weighted by Gasteiger charge is -2.34. The van der Waals surface area contributed by atoms with E-state index >= 15 is 0 Å². The maximum atomic E-state index is 13.3. The zero-order valence-corrected chi connectivity index (χ0v) is 19.1. The Balaban J connectivity index is 1.47. The Bertz CT molecular complexity index is 1150. The Morgan fingerprint density at radius 1 is 1.06 bits per heavy atom. The summed E-state index contributed by atoms with van der Waals surface area (Å²) >= 11 is 0. The Kier molecular flexibility index (Phi) is 5.83. The summed E-state index contributed by atoms with van der Waals surface area (Å²) in [5.74, 6) is -0.0464. The quantitative estimate of drug-likeness (QED) is 0.746. The van der Waals surface area contributed by atoms with Crippen molar-refractivity contribution in [3.8, 4) is 5.75 Å². The molecule has 2 aromatic carbocycles. The van der Waals surface area contributed by atoms with Crippen molar-refractivity contribution in [2.75, 3.05) is 57.1 Å². The van der Waals surface area contributed by atoms with Gasteiger partial charge < -0.3 is 19.9 Å². The molecule has 1 fully saturated rings. The van der Waals surface area contributed by atoms with E-state index < -0.39 is 10.0 Å². The number of nitrogens with zero attached hydrogens (tertiary/aromatic N) is 3. The summed E-state index contributed by atoms with van der Waals surface area (Å²) < 4.78 is 33.3. The second-order valence-electron chi connectivity index (χ2n) is 8.09. The number of rotatable bonds is 4. The normalized spacial score (nSPS) is 16.7.